The number of aliphatic hydroxyl groups is 1. The summed E-state index contributed by atoms with van der Waals surface area (Å²) in [4.78, 5) is 13.8. The van der Waals surface area contributed by atoms with Crippen molar-refractivity contribution in [3.63, 3.8) is 0 Å². The van der Waals surface area contributed by atoms with E-state index in [4.69, 9.17) is 20.3 Å². The van der Waals surface area contributed by atoms with Gasteiger partial charge in [0.1, 0.15) is 18.0 Å². The second-order valence-electron chi connectivity index (χ2n) is 11.8. The predicted octanol–water partition coefficient (Wildman–Crippen LogP) is 4.68. The predicted molar refractivity (Wildman–Crippen MR) is 171 cm³/mol. The molecular weight excluding hydrogens is 554 g/mol. The van der Waals surface area contributed by atoms with Crippen molar-refractivity contribution >= 4 is 23.3 Å². The molecule has 3 aromatic heterocycles. The zero-order valence-electron chi connectivity index (χ0n) is 24.8. The molecule has 7 rings (SSSR count). The van der Waals surface area contributed by atoms with Gasteiger partial charge in [-0.1, -0.05) is 30.3 Å². The van der Waals surface area contributed by atoms with E-state index in [2.05, 4.69) is 67.2 Å². The van der Waals surface area contributed by atoms with E-state index in [1.165, 1.54) is 5.56 Å². The highest BCUT2D eigenvalue weighted by Crippen LogP contribution is 2.39. The average molecular weight is 592 g/mol. The molecule has 3 N–H and O–H groups in total. The van der Waals surface area contributed by atoms with Gasteiger partial charge in [0.25, 0.3) is 0 Å². The molecule has 2 aliphatic heterocycles. The van der Waals surface area contributed by atoms with Crippen LogP contribution >= 0.6 is 0 Å². The maximum atomic E-state index is 8.91. The van der Waals surface area contributed by atoms with E-state index in [0.717, 1.165) is 72.8 Å². The number of piperazine rings is 1. The van der Waals surface area contributed by atoms with Crippen molar-refractivity contribution in [2.45, 2.75) is 56.9 Å². The Morgan fingerprint density at radius 1 is 0.955 bits per heavy atom. The number of fused-ring (bicyclic) bond motifs is 2. The Hall–Kier alpha value is -4.70. The van der Waals surface area contributed by atoms with Crippen LogP contribution in [0.3, 0.4) is 0 Å². The highest BCUT2D eigenvalue weighted by Gasteiger charge is 2.41. The summed E-state index contributed by atoms with van der Waals surface area (Å²) in [5.41, 5.74) is 12.4. The number of nitrogen functional groups attached to an aromatic ring is 1. The summed E-state index contributed by atoms with van der Waals surface area (Å²) in [6, 6.07) is 19.0. The van der Waals surface area contributed by atoms with Crippen LogP contribution in [-0.4, -0.2) is 69.3 Å². The summed E-state index contributed by atoms with van der Waals surface area (Å²) < 4.78 is 12.3. The Morgan fingerprint density at radius 2 is 1.75 bits per heavy atom. The molecule has 44 heavy (non-hydrogen) atoms. The summed E-state index contributed by atoms with van der Waals surface area (Å²) in [7, 11) is 0. The van der Waals surface area contributed by atoms with Gasteiger partial charge < -0.3 is 30.1 Å². The molecule has 10 heteroatoms. The van der Waals surface area contributed by atoms with E-state index in [1.54, 1.807) is 18.3 Å². The van der Waals surface area contributed by atoms with Crippen LogP contribution in [-0.2, 0) is 0 Å². The largest absolute Gasteiger partial charge is 0.489 e. The van der Waals surface area contributed by atoms with Crippen molar-refractivity contribution in [2.24, 2.45) is 0 Å². The molecule has 4 aromatic rings. The van der Waals surface area contributed by atoms with Crippen LogP contribution in [0.25, 0.3) is 17.3 Å². The Labute approximate surface area is 257 Å². The van der Waals surface area contributed by atoms with Crippen LogP contribution in [0.2, 0.25) is 0 Å². The van der Waals surface area contributed by atoms with E-state index in [1.807, 2.05) is 30.5 Å². The highest BCUT2D eigenvalue weighted by molar-refractivity contribution is 5.73. The minimum Gasteiger partial charge on any atom is -0.489 e. The molecule has 0 spiro atoms. The Balaban J connectivity index is 0.974. The summed E-state index contributed by atoms with van der Waals surface area (Å²) >= 11 is 0. The van der Waals surface area contributed by atoms with Crippen LogP contribution < -0.4 is 25.0 Å². The molecule has 10 nitrogen and oxygen atoms in total. The Bertz CT molecular complexity index is 1630. The number of aromatic nitrogens is 4. The van der Waals surface area contributed by atoms with Crippen molar-refractivity contribution in [3.8, 4) is 22.9 Å². The maximum Gasteiger partial charge on any atom is 0.215 e. The first-order valence-corrected chi connectivity index (χ1v) is 15.3. The van der Waals surface area contributed by atoms with Crippen molar-refractivity contribution in [2.75, 3.05) is 35.2 Å². The molecule has 1 aromatic carbocycles. The average Bonchev–Trinajstić information content (AvgIpc) is 3.29. The van der Waals surface area contributed by atoms with E-state index >= 15 is 0 Å². The quantitative estimate of drug-likeness (QED) is 0.284. The van der Waals surface area contributed by atoms with Crippen molar-refractivity contribution < 1.29 is 14.6 Å². The number of nitrogens with two attached hydrogens (primary N) is 1. The van der Waals surface area contributed by atoms with Gasteiger partial charge in [0.15, 0.2) is 5.82 Å². The van der Waals surface area contributed by atoms with Gasteiger partial charge in [0.05, 0.1) is 29.9 Å². The zero-order chi connectivity index (χ0) is 30.0. The second-order valence-corrected chi connectivity index (χ2v) is 11.8. The van der Waals surface area contributed by atoms with Gasteiger partial charge in [0, 0.05) is 61.5 Å². The number of aryl methyl sites for hydroxylation is 1. The molecule has 2 atom stereocenters. The maximum absolute atomic E-state index is 8.91. The second kappa shape index (κ2) is 12.1. The number of hydrogen-bond donors (Lipinski definition) is 2. The van der Waals surface area contributed by atoms with E-state index in [0.29, 0.717) is 23.8 Å². The van der Waals surface area contributed by atoms with Crippen molar-refractivity contribution in [1.29, 1.82) is 0 Å². The number of anilines is 3. The van der Waals surface area contributed by atoms with E-state index in [9.17, 15) is 0 Å². The number of pyridine rings is 2. The van der Waals surface area contributed by atoms with Crippen molar-refractivity contribution in [1.82, 2.24) is 20.2 Å². The van der Waals surface area contributed by atoms with Crippen LogP contribution in [0.1, 0.15) is 36.9 Å². The lowest BCUT2D eigenvalue weighted by atomic mass is 9.92. The molecule has 3 aliphatic rings. The minimum absolute atomic E-state index is 0.00513. The molecule has 2 saturated heterocycles. The third-order valence-electron chi connectivity index (χ3n) is 8.86. The van der Waals surface area contributed by atoms with Gasteiger partial charge in [-0.15, -0.1) is 10.2 Å². The standard InChI is InChI=1S/C34H37N7O3/c1-22-5-2-3-7-30(22)31-18-32(34(35)39-38-31)40-20-25-9-10-26(21-40)41(25)24-12-13-36-33(15-24)44-29-16-28(17-29)43-27-11-8-23(37-19-27)6-4-14-42/h2-8,11-13,15,18-19,25-26,28-29,42H,9-10,14,16-17,20-21H2,1H3,(H2,35,39)/b6-4+. The summed E-state index contributed by atoms with van der Waals surface area (Å²) in [5, 5.41) is 17.7. The van der Waals surface area contributed by atoms with E-state index < -0.39 is 0 Å². The van der Waals surface area contributed by atoms with Gasteiger partial charge in [0.2, 0.25) is 5.88 Å². The van der Waals surface area contributed by atoms with Crippen LogP contribution in [0.5, 0.6) is 11.6 Å². The van der Waals surface area contributed by atoms with Gasteiger partial charge in [-0.3, -0.25) is 4.98 Å². The first-order chi connectivity index (χ1) is 21.5. The monoisotopic (exact) mass is 591 g/mol. The van der Waals surface area contributed by atoms with Gasteiger partial charge >= 0.3 is 0 Å². The molecular formula is C34H37N7O3. The van der Waals surface area contributed by atoms with Crippen molar-refractivity contribution in [3.05, 3.63) is 84.3 Å². The SMILES string of the molecule is Cc1ccccc1-c1cc(N2CC3CCC(C2)N3c2ccnc(OC3CC(Oc4ccc(/C=C/CO)nc4)C3)c2)c(N)nn1. The molecule has 2 unspecified atom stereocenters. The number of rotatable bonds is 9. The zero-order valence-corrected chi connectivity index (χ0v) is 24.8. The first kappa shape index (κ1) is 28.1. The molecule has 1 aliphatic carbocycles. The molecule has 0 amide bonds. The highest BCUT2D eigenvalue weighted by atomic mass is 16.5. The van der Waals surface area contributed by atoms with Gasteiger partial charge in [-0.25, -0.2) is 4.98 Å². The Morgan fingerprint density at radius 3 is 2.50 bits per heavy atom. The van der Waals surface area contributed by atoms with Crippen LogP contribution in [0.4, 0.5) is 17.2 Å². The number of aliphatic hydroxyl groups excluding tert-OH is 1. The number of ether oxygens (including phenoxy) is 2. The summed E-state index contributed by atoms with van der Waals surface area (Å²) in [6.07, 6.45) is 11.0. The topological polar surface area (TPSA) is 123 Å². The molecule has 2 bridgehead atoms. The third-order valence-corrected chi connectivity index (χ3v) is 8.86. The summed E-state index contributed by atoms with van der Waals surface area (Å²) in [6.45, 7) is 3.82. The fourth-order valence-corrected chi connectivity index (χ4v) is 6.59. The number of benzene rings is 1. The lowest BCUT2D eigenvalue weighted by Gasteiger charge is -2.43. The minimum atomic E-state index is -0.00513. The lowest BCUT2D eigenvalue weighted by Crippen LogP contribution is -2.54. The fraction of sp³-hybridized carbons (Fsp3) is 0.353. The molecule has 5 heterocycles. The molecule has 1 saturated carbocycles. The molecule has 3 fully saturated rings. The van der Waals surface area contributed by atoms with Gasteiger partial charge in [-0.05, 0) is 55.7 Å². The third kappa shape index (κ3) is 5.77. The van der Waals surface area contributed by atoms with Crippen LogP contribution in [0.15, 0.2) is 73.1 Å². The lowest BCUT2D eigenvalue weighted by molar-refractivity contribution is 0.00210. The summed E-state index contributed by atoms with van der Waals surface area (Å²) in [5.74, 6) is 1.86. The fourth-order valence-electron chi connectivity index (χ4n) is 6.59. The smallest absolute Gasteiger partial charge is 0.215 e. The normalized spacial score (nSPS) is 22.7. The Kier molecular flexibility index (Phi) is 7.74. The number of nitrogens with zero attached hydrogens (tertiary/aromatic N) is 6. The van der Waals surface area contributed by atoms with Gasteiger partial charge in [-0.2, -0.15) is 0 Å². The van der Waals surface area contributed by atoms with E-state index in [-0.39, 0.29) is 18.8 Å². The first-order valence-electron chi connectivity index (χ1n) is 15.3. The number of hydrogen-bond acceptors (Lipinski definition) is 10. The molecule has 226 valence electrons. The molecule has 0 radical (unpaired) electrons. The van der Waals surface area contributed by atoms with Crippen LogP contribution in [0, 0.1) is 6.92 Å².